The molecule has 4 rings (SSSR count). The molecule has 0 fully saturated rings. The third-order valence-corrected chi connectivity index (χ3v) is 4.92. The molecule has 0 spiro atoms. The minimum atomic E-state index is -0.321. The largest absolute Gasteiger partial charge is 0.347 e. The number of nitrogens with one attached hydrogen (secondary N) is 1. The number of carbonyl (C=O) groups excluding carboxylic acids is 1. The van der Waals surface area contributed by atoms with Gasteiger partial charge in [0.1, 0.15) is 12.4 Å². The quantitative estimate of drug-likeness (QED) is 0.525. The molecule has 0 saturated heterocycles. The zero-order valence-electron chi connectivity index (χ0n) is 17.5. The van der Waals surface area contributed by atoms with Crippen LogP contribution in [0.2, 0.25) is 0 Å². The molecule has 4 aromatic rings. The van der Waals surface area contributed by atoms with Crippen LogP contribution in [0.5, 0.6) is 0 Å². The van der Waals surface area contributed by atoms with E-state index >= 15 is 0 Å². The van der Waals surface area contributed by atoms with Crippen molar-refractivity contribution in [3.05, 3.63) is 99.5 Å². The molecule has 1 amide bonds. The summed E-state index contributed by atoms with van der Waals surface area (Å²) in [6.45, 7) is 3.79. The van der Waals surface area contributed by atoms with Crippen molar-refractivity contribution in [2.24, 2.45) is 0 Å². The number of hydrogen-bond donors (Lipinski definition) is 1. The first kappa shape index (κ1) is 20.4. The summed E-state index contributed by atoms with van der Waals surface area (Å²) in [6.07, 6.45) is 0.569. The van der Waals surface area contributed by atoms with Crippen LogP contribution in [0.15, 0.2) is 65.5 Å². The predicted molar refractivity (Wildman–Crippen MR) is 119 cm³/mol. The summed E-state index contributed by atoms with van der Waals surface area (Å²) in [5.74, 6) is 0.215. The molecule has 31 heavy (non-hydrogen) atoms. The first-order chi connectivity index (χ1) is 15.0. The van der Waals surface area contributed by atoms with Crippen LogP contribution < -0.4 is 10.9 Å². The Morgan fingerprint density at radius 1 is 0.935 bits per heavy atom. The van der Waals surface area contributed by atoms with Crippen LogP contribution in [0.4, 0.5) is 0 Å². The van der Waals surface area contributed by atoms with Crippen molar-refractivity contribution in [2.75, 3.05) is 0 Å². The number of rotatable bonds is 6. The molecular formula is C24H23N5O2. The van der Waals surface area contributed by atoms with Gasteiger partial charge in [0.05, 0.1) is 17.6 Å². The number of carbonyl (C=O) groups is 1. The normalized spacial score (nSPS) is 10.9. The summed E-state index contributed by atoms with van der Waals surface area (Å²) >= 11 is 0. The van der Waals surface area contributed by atoms with Crippen molar-refractivity contribution in [2.45, 2.75) is 33.4 Å². The van der Waals surface area contributed by atoms with Crippen LogP contribution in [0.25, 0.3) is 10.8 Å². The maximum atomic E-state index is 12.9. The maximum absolute atomic E-state index is 12.9. The van der Waals surface area contributed by atoms with Gasteiger partial charge in [0, 0.05) is 23.2 Å². The third kappa shape index (κ3) is 4.83. The van der Waals surface area contributed by atoms with Gasteiger partial charge < -0.3 is 5.32 Å². The number of aryl methyl sites for hydroxylation is 2. The number of nitrogens with zero attached hydrogens (tertiary/aromatic N) is 4. The predicted octanol–water partition coefficient (Wildman–Crippen LogP) is 2.71. The second-order valence-corrected chi connectivity index (χ2v) is 7.46. The zero-order valence-corrected chi connectivity index (χ0v) is 17.5. The van der Waals surface area contributed by atoms with Crippen molar-refractivity contribution in [3.8, 4) is 0 Å². The SMILES string of the molecule is Cc1cc(C)nc(CNC(=O)Cn2nc(Cc3ccccc3)c3ccccc3c2=O)n1. The first-order valence-electron chi connectivity index (χ1n) is 10.1. The second kappa shape index (κ2) is 8.87. The Hall–Kier alpha value is -3.87. The van der Waals surface area contributed by atoms with Crippen molar-refractivity contribution < 1.29 is 4.79 Å². The number of hydrogen-bond acceptors (Lipinski definition) is 5. The average molecular weight is 413 g/mol. The third-order valence-electron chi connectivity index (χ3n) is 4.92. The molecule has 2 aromatic carbocycles. The molecule has 0 unspecified atom stereocenters. The first-order valence-corrected chi connectivity index (χ1v) is 10.1. The lowest BCUT2D eigenvalue weighted by Gasteiger charge is -2.11. The van der Waals surface area contributed by atoms with Gasteiger partial charge in [0.25, 0.3) is 5.56 Å². The van der Waals surface area contributed by atoms with Crippen LogP contribution in [0.3, 0.4) is 0 Å². The van der Waals surface area contributed by atoms with Gasteiger partial charge in [-0.3, -0.25) is 9.59 Å². The Morgan fingerprint density at radius 2 is 1.58 bits per heavy atom. The number of benzene rings is 2. The average Bonchev–Trinajstić information content (AvgIpc) is 2.76. The van der Waals surface area contributed by atoms with E-state index in [9.17, 15) is 9.59 Å². The molecule has 0 atom stereocenters. The smallest absolute Gasteiger partial charge is 0.275 e. The van der Waals surface area contributed by atoms with E-state index in [0.717, 1.165) is 28.0 Å². The topological polar surface area (TPSA) is 89.8 Å². The Bertz CT molecular complexity index is 1280. The summed E-state index contributed by atoms with van der Waals surface area (Å²) in [5, 5.41) is 8.67. The molecule has 0 aliphatic rings. The van der Waals surface area contributed by atoms with E-state index in [1.54, 1.807) is 6.07 Å². The van der Waals surface area contributed by atoms with Gasteiger partial charge in [0.15, 0.2) is 0 Å². The minimum absolute atomic E-state index is 0.170. The molecule has 7 nitrogen and oxygen atoms in total. The van der Waals surface area contributed by atoms with E-state index in [2.05, 4.69) is 20.4 Å². The van der Waals surface area contributed by atoms with Gasteiger partial charge in [-0.15, -0.1) is 0 Å². The second-order valence-electron chi connectivity index (χ2n) is 7.46. The van der Waals surface area contributed by atoms with E-state index in [4.69, 9.17) is 0 Å². The maximum Gasteiger partial charge on any atom is 0.275 e. The minimum Gasteiger partial charge on any atom is -0.347 e. The summed E-state index contributed by atoms with van der Waals surface area (Å²) in [7, 11) is 0. The van der Waals surface area contributed by atoms with Gasteiger partial charge in [-0.05, 0) is 31.5 Å². The Labute approximate surface area is 179 Å². The van der Waals surface area contributed by atoms with E-state index in [-0.39, 0.29) is 24.6 Å². The summed E-state index contributed by atoms with van der Waals surface area (Å²) in [5.41, 5.74) is 3.24. The Balaban J connectivity index is 1.58. The van der Waals surface area contributed by atoms with Crippen molar-refractivity contribution in [3.63, 3.8) is 0 Å². The summed E-state index contributed by atoms with van der Waals surface area (Å²) in [6, 6.07) is 19.2. The highest BCUT2D eigenvalue weighted by Crippen LogP contribution is 2.16. The summed E-state index contributed by atoms with van der Waals surface area (Å²) < 4.78 is 1.23. The van der Waals surface area contributed by atoms with Gasteiger partial charge in [-0.2, -0.15) is 5.10 Å². The molecular weight excluding hydrogens is 390 g/mol. The Kier molecular flexibility index (Phi) is 5.84. The van der Waals surface area contributed by atoms with Crippen molar-refractivity contribution in [1.82, 2.24) is 25.1 Å². The molecule has 0 bridgehead atoms. The van der Waals surface area contributed by atoms with Gasteiger partial charge >= 0.3 is 0 Å². The van der Waals surface area contributed by atoms with Gasteiger partial charge in [-0.25, -0.2) is 14.6 Å². The molecule has 156 valence electrons. The van der Waals surface area contributed by atoms with Gasteiger partial charge in [-0.1, -0.05) is 48.5 Å². The highest BCUT2D eigenvalue weighted by Gasteiger charge is 2.13. The van der Waals surface area contributed by atoms with Crippen LogP contribution in [-0.4, -0.2) is 25.7 Å². The molecule has 1 N–H and O–H groups in total. The van der Waals surface area contributed by atoms with E-state index in [1.165, 1.54) is 4.68 Å². The van der Waals surface area contributed by atoms with Crippen molar-refractivity contribution in [1.29, 1.82) is 0 Å². The highest BCUT2D eigenvalue weighted by molar-refractivity contribution is 5.84. The molecule has 2 aromatic heterocycles. The number of fused-ring (bicyclic) bond motifs is 1. The van der Waals surface area contributed by atoms with Crippen molar-refractivity contribution >= 4 is 16.7 Å². The number of amides is 1. The Morgan fingerprint density at radius 3 is 2.29 bits per heavy atom. The fourth-order valence-electron chi connectivity index (χ4n) is 3.58. The van der Waals surface area contributed by atoms with Crippen LogP contribution in [0, 0.1) is 13.8 Å². The fraction of sp³-hybridized carbons (Fsp3) is 0.208. The number of aromatic nitrogens is 4. The van der Waals surface area contributed by atoms with E-state index in [0.29, 0.717) is 17.6 Å². The molecule has 0 aliphatic carbocycles. The molecule has 0 saturated carbocycles. The van der Waals surface area contributed by atoms with Gasteiger partial charge in [0.2, 0.25) is 5.91 Å². The molecule has 7 heteroatoms. The van der Waals surface area contributed by atoms with Crippen LogP contribution in [0.1, 0.15) is 28.5 Å². The standard InChI is InChI=1S/C24H23N5O2/c1-16-12-17(2)27-22(26-16)14-25-23(30)15-29-24(31)20-11-7-6-10-19(20)21(28-29)13-18-8-4-3-5-9-18/h3-12H,13-15H2,1-2H3,(H,25,30). The van der Waals surface area contributed by atoms with Crippen LogP contribution in [-0.2, 0) is 24.3 Å². The molecule has 2 heterocycles. The lowest BCUT2D eigenvalue weighted by atomic mass is 10.0. The molecule has 0 aliphatic heterocycles. The zero-order chi connectivity index (χ0) is 21.8. The van der Waals surface area contributed by atoms with E-state index < -0.39 is 0 Å². The van der Waals surface area contributed by atoms with Crippen LogP contribution >= 0.6 is 0 Å². The fourth-order valence-corrected chi connectivity index (χ4v) is 3.58. The monoisotopic (exact) mass is 413 g/mol. The lowest BCUT2D eigenvalue weighted by molar-refractivity contribution is -0.122. The summed E-state index contributed by atoms with van der Waals surface area (Å²) in [4.78, 5) is 34.1. The van der Waals surface area contributed by atoms with E-state index in [1.807, 2.05) is 68.4 Å². The lowest BCUT2D eigenvalue weighted by Crippen LogP contribution is -2.34. The highest BCUT2D eigenvalue weighted by atomic mass is 16.2. The molecule has 0 radical (unpaired) electrons.